The molecule has 1 aromatic rings. The minimum absolute atomic E-state index is 0.861. The Bertz CT molecular complexity index is 425. The van der Waals surface area contributed by atoms with Gasteiger partial charge in [-0.3, -0.25) is 0 Å². The molecule has 2 heterocycles. The maximum Gasteiger partial charge on any atom is 0.122 e. The molecule has 0 radical (unpaired) electrons. The van der Waals surface area contributed by atoms with Gasteiger partial charge in [0.25, 0.3) is 0 Å². The number of rotatable bonds is 3. The quantitative estimate of drug-likeness (QED) is 0.872. The van der Waals surface area contributed by atoms with Crippen LogP contribution in [0.1, 0.15) is 16.7 Å². The van der Waals surface area contributed by atoms with Crippen molar-refractivity contribution < 1.29 is 4.74 Å². The standard InChI is InChI=1S/C15H22N2O/c1-12-2-3-15-14(5-11-18-15)13(12)4-8-17-9-6-16-7-10-17/h2-3,16H,4-11H2,1H3. The van der Waals surface area contributed by atoms with Gasteiger partial charge in [-0.25, -0.2) is 0 Å². The third-order valence-electron chi connectivity index (χ3n) is 4.12. The van der Waals surface area contributed by atoms with E-state index in [2.05, 4.69) is 29.3 Å². The number of ether oxygens (including phenoxy) is 1. The molecule has 98 valence electrons. The molecule has 2 aliphatic rings. The van der Waals surface area contributed by atoms with Gasteiger partial charge in [0.1, 0.15) is 5.75 Å². The summed E-state index contributed by atoms with van der Waals surface area (Å²) in [5.74, 6) is 1.12. The van der Waals surface area contributed by atoms with Crippen molar-refractivity contribution in [2.45, 2.75) is 19.8 Å². The van der Waals surface area contributed by atoms with Gasteiger partial charge in [0, 0.05) is 44.7 Å². The summed E-state index contributed by atoms with van der Waals surface area (Å²) in [6.07, 6.45) is 2.26. The van der Waals surface area contributed by atoms with Crippen LogP contribution in [-0.4, -0.2) is 44.2 Å². The van der Waals surface area contributed by atoms with Crippen LogP contribution in [0.2, 0.25) is 0 Å². The van der Waals surface area contributed by atoms with Gasteiger partial charge in [-0.1, -0.05) is 6.07 Å². The Labute approximate surface area is 109 Å². The van der Waals surface area contributed by atoms with E-state index in [0.29, 0.717) is 0 Å². The largest absolute Gasteiger partial charge is 0.493 e. The number of aryl methyl sites for hydroxylation is 1. The van der Waals surface area contributed by atoms with E-state index in [4.69, 9.17) is 4.74 Å². The maximum absolute atomic E-state index is 5.66. The van der Waals surface area contributed by atoms with Crippen LogP contribution in [-0.2, 0) is 12.8 Å². The van der Waals surface area contributed by atoms with Gasteiger partial charge in [-0.05, 0) is 30.5 Å². The summed E-state index contributed by atoms with van der Waals surface area (Å²) < 4.78 is 5.66. The molecule has 18 heavy (non-hydrogen) atoms. The van der Waals surface area contributed by atoms with E-state index in [1.807, 2.05) is 0 Å². The summed E-state index contributed by atoms with van der Waals surface area (Å²) in [7, 11) is 0. The molecule has 3 rings (SSSR count). The summed E-state index contributed by atoms with van der Waals surface area (Å²) >= 11 is 0. The number of nitrogens with one attached hydrogen (secondary N) is 1. The highest BCUT2D eigenvalue weighted by Crippen LogP contribution is 2.30. The molecule has 0 spiro atoms. The van der Waals surface area contributed by atoms with Gasteiger partial charge >= 0.3 is 0 Å². The predicted molar refractivity (Wildman–Crippen MR) is 73.4 cm³/mol. The second-order valence-corrected chi connectivity index (χ2v) is 5.28. The molecular weight excluding hydrogens is 224 g/mol. The summed E-state index contributed by atoms with van der Waals surface area (Å²) in [6, 6.07) is 4.34. The molecule has 0 saturated carbocycles. The van der Waals surface area contributed by atoms with Crippen LogP contribution < -0.4 is 10.1 Å². The SMILES string of the molecule is Cc1ccc2c(c1CCN1CCNCC1)CCO2. The molecule has 1 saturated heterocycles. The third kappa shape index (κ3) is 2.38. The first-order valence-corrected chi connectivity index (χ1v) is 7.02. The Morgan fingerprint density at radius 3 is 2.94 bits per heavy atom. The van der Waals surface area contributed by atoms with Gasteiger partial charge < -0.3 is 15.0 Å². The topological polar surface area (TPSA) is 24.5 Å². The van der Waals surface area contributed by atoms with Gasteiger partial charge in [0.05, 0.1) is 6.61 Å². The lowest BCUT2D eigenvalue weighted by Crippen LogP contribution is -2.44. The molecule has 0 unspecified atom stereocenters. The summed E-state index contributed by atoms with van der Waals surface area (Å²) in [6.45, 7) is 8.91. The zero-order chi connectivity index (χ0) is 12.4. The molecule has 2 aliphatic heterocycles. The fourth-order valence-electron chi connectivity index (χ4n) is 3.01. The fourth-order valence-corrected chi connectivity index (χ4v) is 3.01. The van der Waals surface area contributed by atoms with Crippen LogP contribution in [0.3, 0.4) is 0 Å². The number of hydrogen-bond donors (Lipinski definition) is 1. The van der Waals surface area contributed by atoms with Gasteiger partial charge in [-0.2, -0.15) is 0 Å². The Balaban J connectivity index is 1.70. The minimum atomic E-state index is 0.861. The van der Waals surface area contributed by atoms with E-state index < -0.39 is 0 Å². The number of fused-ring (bicyclic) bond motifs is 1. The van der Waals surface area contributed by atoms with E-state index in [-0.39, 0.29) is 0 Å². The molecule has 3 heteroatoms. The Morgan fingerprint density at radius 2 is 2.11 bits per heavy atom. The Hall–Kier alpha value is -1.06. The Kier molecular flexibility index (Phi) is 3.52. The van der Waals surface area contributed by atoms with Crippen LogP contribution >= 0.6 is 0 Å². The first kappa shape index (κ1) is 12.0. The molecule has 0 amide bonds. The van der Waals surface area contributed by atoms with Crippen LogP contribution in [0, 0.1) is 6.92 Å². The van der Waals surface area contributed by atoms with Crippen molar-refractivity contribution in [2.75, 3.05) is 39.3 Å². The molecule has 1 fully saturated rings. The van der Waals surface area contributed by atoms with Crippen LogP contribution in [0.5, 0.6) is 5.75 Å². The highest BCUT2D eigenvalue weighted by Gasteiger charge is 2.18. The zero-order valence-electron chi connectivity index (χ0n) is 11.2. The molecule has 1 aromatic carbocycles. The molecule has 0 atom stereocenters. The third-order valence-corrected chi connectivity index (χ3v) is 4.12. The van der Waals surface area contributed by atoms with Gasteiger partial charge in [-0.15, -0.1) is 0 Å². The first-order valence-electron chi connectivity index (χ1n) is 7.02. The average molecular weight is 246 g/mol. The number of piperazine rings is 1. The number of nitrogens with zero attached hydrogens (tertiary/aromatic N) is 1. The second kappa shape index (κ2) is 5.29. The van der Waals surface area contributed by atoms with Gasteiger partial charge in [0.2, 0.25) is 0 Å². The fraction of sp³-hybridized carbons (Fsp3) is 0.600. The molecule has 1 N–H and O–H groups in total. The molecule has 0 aromatic heterocycles. The summed E-state index contributed by atoms with van der Waals surface area (Å²) in [5, 5.41) is 3.40. The average Bonchev–Trinajstić information content (AvgIpc) is 2.87. The molecular formula is C15H22N2O. The lowest BCUT2D eigenvalue weighted by Gasteiger charge is -2.27. The Morgan fingerprint density at radius 1 is 1.28 bits per heavy atom. The van der Waals surface area contributed by atoms with E-state index in [0.717, 1.165) is 31.9 Å². The molecule has 0 bridgehead atoms. The van der Waals surface area contributed by atoms with Crippen LogP contribution in [0.4, 0.5) is 0 Å². The number of benzene rings is 1. The van der Waals surface area contributed by atoms with E-state index >= 15 is 0 Å². The normalized spacial score (nSPS) is 19.6. The van der Waals surface area contributed by atoms with E-state index in [1.54, 1.807) is 0 Å². The van der Waals surface area contributed by atoms with Gasteiger partial charge in [0.15, 0.2) is 0 Å². The summed E-state index contributed by atoms with van der Waals surface area (Å²) in [5.41, 5.74) is 4.42. The van der Waals surface area contributed by atoms with Crippen LogP contribution in [0.25, 0.3) is 0 Å². The molecule has 3 nitrogen and oxygen atoms in total. The van der Waals surface area contributed by atoms with Crippen LogP contribution in [0.15, 0.2) is 12.1 Å². The highest BCUT2D eigenvalue weighted by molar-refractivity contribution is 5.47. The van der Waals surface area contributed by atoms with Crippen molar-refractivity contribution in [3.05, 3.63) is 28.8 Å². The smallest absolute Gasteiger partial charge is 0.122 e. The highest BCUT2D eigenvalue weighted by atomic mass is 16.5. The monoisotopic (exact) mass is 246 g/mol. The maximum atomic E-state index is 5.66. The molecule has 0 aliphatic carbocycles. The zero-order valence-corrected chi connectivity index (χ0v) is 11.2. The van der Waals surface area contributed by atoms with Crippen molar-refractivity contribution in [3.63, 3.8) is 0 Å². The van der Waals surface area contributed by atoms with E-state index in [1.165, 1.54) is 42.7 Å². The van der Waals surface area contributed by atoms with Crippen molar-refractivity contribution in [2.24, 2.45) is 0 Å². The van der Waals surface area contributed by atoms with Crippen molar-refractivity contribution in [3.8, 4) is 5.75 Å². The first-order chi connectivity index (χ1) is 8.84. The lowest BCUT2D eigenvalue weighted by atomic mass is 9.97. The van der Waals surface area contributed by atoms with Crippen molar-refractivity contribution >= 4 is 0 Å². The summed E-state index contributed by atoms with van der Waals surface area (Å²) in [4.78, 5) is 2.56. The van der Waals surface area contributed by atoms with E-state index in [9.17, 15) is 0 Å². The predicted octanol–water partition coefficient (Wildman–Crippen LogP) is 1.38. The van der Waals surface area contributed by atoms with Crippen molar-refractivity contribution in [1.29, 1.82) is 0 Å². The van der Waals surface area contributed by atoms with Crippen molar-refractivity contribution in [1.82, 2.24) is 10.2 Å². The second-order valence-electron chi connectivity index (χ2n) is 5.28. The minimum Gasteiger partial charge on any atom is -0.493 e. The lowest BCUT2D eigenvalue weighted by molar-refractivity contribution is 0.243. The number of hydrogen-bond acceptors (Lipinski definition) is 3.